The highest BCUT2D eigenvalue weighted by molar-refractivity contribution is 5.95. The minimum Gasteiger partial charge on any atom is -0.484 e. The number of hydrogen-bond acceptors (Lipinski definition) is 6. The number of nitrogens with zero attached hydrogens (tertiary/aromatic N) is 2. The van der Waals surface area contributed by atoms with E-state index < -0.39 is 24.0 Å². The van der Waals surface area contributed by atoms with Crippen LogP contribution in [0.3, 0.4) is 0 Å². The molecule has 2 atom stereocenters. The minimum absolute atomic E-state index is 0.131. The third kappa shape index (κ3) is 7.53. The third-order valence-corrected chi connectivity index (χ3v) is 9.10. The number of nitrogens with one attached hydrogen (secondary N) is 1. The van der Waals surface area contributed by atoms with Crippen molar-refractivity contribution in [3.63, 3.8) is 0 Å². The molecule has 1 aliphatic carbocycles. The number of benzene rings is 4. The van der Waals surface area contributed by atoms with Crippen molar-refractivity contribution >= 4 is 17.8 Å². The minimum atomic E-state index is -1.79. The van der Waals surface area contributed by atoms with Gasteiger partial charge in [0.25, 0.3) is 11.8 Å². The number of carboxylic acid groups (broad SMARTS) is 1. The predicted molar refractivity (Wildman–Crippen MR) is 177 cm³/mol. The van der Waals surface area contributed by atoms with Crippen LogP contribution in [0.2, 0.25) is 0 Å². The molecule has 0 bridgehead atoms. The maximum Gasteiger partial charge on any atom is 0.334 e. The summed E-state index contributed by atoms with van der Waals surface area (Å²) in [6.07, 6.45) is 0.378. The van der Waals surface area contributed by atoms with E-state index in [1.807, 2.05) is 11.0 Å². The number of aliphatic carboxylic acids is 1. The molecular weight excluding hydrogens is 594 g/mol. The number of aliphatic hydroxyl groups excluding tert-OH is 1. The number of fused-ring (bicyclic) bond motifs is 2. The Balaban J connectivity index is 1.06. The number of rotatable bonds is 10. The molecule has 6 rings (SSSR count). The zero-order valence-corrected chi connectivity index (χ0v) is 26.1. The summed E-state index contributed by atoms with van der Waals surface area (Å²) in [7, 11) is 0. The van der Waals surface area contributed by atoms with Crippen molar-refractivity contribution in [1.82, 2.24) is 15.1 Å². The summed E-state index contributed by atoms with van der Waals surface area (Å²) in [6, 6.07) is 31.9. The Hall–Kier alpha value is -4.99. The molecule has 0 spiro atoms. The lowest BCUT2D eigenvalue weighted by Crippen LogP contribution is -2.51. The molecule has 4 aromatic carbocycles. The van der Waals surface area contributed by atoms with E-state index in [-0.39, 0.29) is 30.5 Å². The average molecular weight is 634 g/mol. The molecule has 1 heterocycles. The Labute approximate surface area is 274 Å². The lowest BCUT2D eigenvalue weighted by atomic mass is 9.93. The maximum atomic E-state index is 13.2. The Kier molecular flexibility index (Phi) is 9.94. The Bertz CT molecular complexity index is 1670. The second-order valence-electron chi connectivity index (χ2n) is 12.1. The highest BCUT2D eigenvalue weighted by atomic mass is 16.5. The van der Waals surface area contributed by atoms with E-state index in [1.165, 1.54) is 28.3 Å². The number of piperazine rings is 1. The lowest BCUT2D eigenvalue weighted by Gasteiger charge is -2.40. The van der Waals surface area contributed by atoms with Crippen LogP contribution in [0.15, 0.2) is 103 Å². The first-order valence-corrected chi connectivity index (χ1v) is 16.0. The van der Waals surface area contributed by atoms with Gasteiger partial charge < -0.3 is 25.2 Å². The van der Waals surface area contributed by atoms with Gasteiger partial charge in [0, 0.05) is 31.7 Å². The summed E-state index contributed by atoms with van der Waals surface area (Å²) in [5.74, 6) is -1.77. The number of aryl methyl sites for hydroxylation is 2. The standard InChI is InChI=1S/C38H39N3O6/c42-34(40-19-21-41(22-20-40)35-31-15-6-4-11-27(31)17-18-28-12-5-7-16-32(28)35)25-47-30-14-8-13-29(24-30)37(44)39-33(36(43)38(45)46)23-26-9-2-1-3-10-26/h1-16,24,33,35-36,43H,17-23,25H2,(H,39,44)(H,45,46)/t33-,36+/m0/s1. The van der Waals surface area contributed by atoms with E-state index in [0.29, 0.717) is 18.8 Å². The van der Waals surface area contributed by atoms with Gasteiger partial charge in [0.2, 0.25) is 0 Å². The first kappa shape index (κ1) is 32.0. The first-order valence-electron chi connectivity index (χ1n) is 16.0. The van der Waals surface area contributed by atoms with Crippen molar-refractivity contribution in [3.8, 4) is 5.75 Å². The van der Waals surface area contributed by atoms with Crippen molar-refractivity contribution in [2.45, 2.75) is 37.5 Å². The van der Waals surface area contributed by atoms with Crippen LogP contribution >= 0.6 is 0 Å². The predicted octanol–water partition coefficient (Wildman–Crippen LogP) is 3.88. The van der Waals surface area contributed by atoms with Gasteiger partial charge in [-0.25, -0.2) is 4.79 Å². The topological polar surface area (TPSA) is 119 Å². The van der Waals surface area contributed by atoms with Crippen molar-refractivity contribution < 1.29 is 29.3 Å². The molecule has 0 unspecified atom stereocenters. The second kappa shape index (κ2) is 14.6. The molecule has 242 valence electrons. The van der Waals surface area contributed by atoms with Crippen LogP contribution < -0.4 is 10.1 Å². The Morgan fingerprint density at radius 1 is 0.787 bits per heavy atom. The van der Waals surface area contributed by atoms with E-state index in [1.54, 1.807) is 42.5 Å². The summed E-state index contributed by atoms with van der Waals surface area (Å²) < 4.78 is 5.82. The van der Waals surface area contributed by atoms with Crippen molar-refractivity contribution in [1.29, 1.82) is 0 Å². The summed E-state index contributed by atoms with van der Waals surface area (Å²) in [4.78, 5) is 42.1. The van der Waals surface area contributed by atoms with E-state index in [4.69, 9.17) is 4.74 Å². The molecule has 3 N–H and O–H groups in total. The number of aliphatic hydroxyl groups is 1. The monoisotopic (exact) mass is 633 g/mol. The molecule has 1 saturated heterocycles. The van der Waals surface area contributed by atoms with Gasteiger partial charge in [-0.2, -0.15) is 0 Å². The number of ether oxygens (including phenoxy) is 1. The highest BCUT2D eigenvalue weighted by Crippen LogP contribution is 2.37. The molecule has 2 amide bonds. The maximum absolute atomic E-state index is 13.2. The van der Waals surface area contributed by atoms with Crippen LogP contribution in [-0.4, -0.2) is 82.7 Å². The van der Waals surface area contributed by atoms with Crippen LogP contribution in [0.4, 0.5) is 0 Å². The van der Waals surface area contributed by atoms with Crippen molar-refractivity contribution in [3.05, 3.63) is 137 Å². The fourth-order valence-electron chi connectivity index (χ4n) is 6.61. The molecule has 0 aromatic heterocycles. The summed E-state index contributed by atoms with van der Waals surface area (Å²) in [6.45, 7) is 2.47. The van der Waals surface area contributed by atoms with Crippen LogP contribution in [0, 0.1) is 0 Å². The van der Waals surface area contributed by atoms with Crippen LogP contribution in [0.1, 0.15) is 44.2 Å². The fraction of sp³-hybridized carbons (Fsp3) is 0.289. The van der Waals surface area contributed by atoms with E-state index in [0.717, 1.165) is 31.5 Å². The zero-order valence-electron chi connectivity index (χ0n) is 26.1. The molecular formula is C38H39N3O6. The third-order valence-electron chi connectivity index (χ3n) is 9.10. The van der Waals surface area contributed by atoms with E-state index >= 15 is 0 Å². The SMILES string of the molecule is O=C(N[C@@H](Cc1ccccc1)[C@@H](O)C(=O)O)c1cccc(OCC(=O)N2CCN(C3c4ccccc4CCc4ccccc43)CC2)c1. The number of carboxylic acids is 1. The average Bonchev–Trinajstić information content (AvgIpc) is 3.27. The van der Waals surface area contributed by atoms with Gasteiger partial charge in [0.15, 0.2) is 12.7 Å². The van der Waals surface area contributed by atoms with Crippen LogP contribution in [0.5, 0.6) is 5.75 Å². The van der Waals surface area contributed by atoms with Gasteiger partial charge in [0.1, 0.15) is 5.75 Å². The van der Waals surface area contributed by atoms with Crippen LogP contribution in [0.25, 0.3) is 0 Å². The molecule has 47 heavy (non-hydrogen) atoms. The van der Waals surface area contributed by atoms with E-state index in [2.05, 4.69) is 58.7 Å². The summed E-state index contributed by atoms with van der Waals surface area (Å²) in [5, 5.41) is 22.3. The number of carbonyl (C=O) groups is 3. The molecule has 9 heteroatoms. The van der Waals surface area contributed by atoms with E-state index in [9.17, 15) is 24.6 Å². The fourth-order valence-corrected chi connectivity index (χ4v) is 6.61. The normalized spacial score (nSPS) is 16.2. The van der Waals surface area contributed by atoms with Gasteiger partial charge in [-0.05, 0) is 65.3 Å². The molecule has 0 saturated carbocycles. The summed E-state index contributed by atoms with van der Waals surface area (Å²) in [5.41, 5.74) is 6.44. The smallest absolute Gasteiger partial charge is 0.334 e. The number of amides is 2. The van der Waals surface area contributed by atoms with Gasteiger partial charge in [-0.3, -0.25) is 14.5 Å². The van der Waals surface area contributed by atoms with Crippen LogP contribution in [-0.2, 0) is 28.9 Å². The Morgan fingerprint density at radius 3 is 2.04 bits per heavy atom. The first-order chi connectivity index (χ1) is 22.9. The molecule has 1 fully saturated rings. The van der Waals surface area contributed by atoms with Gasteiger partial charge >= 0.3 is 5.97 Å². The van der Waals surface area contributed by atoms with Gasteiger partial charge in [0.05, 0.1) is 12.1 Å². The van der Waals surface area contributed by atoms with Gasteiger partial charge in [-0.15, -0.1) is 0 Å². The largest absolute Gasteiger partial charge is 0.484 e. The Morgan fingerprint density at radius 2 is 1.40 bits per heavy atom. The summed E-state index contributed by atoms with van der Waals surface area (Å²) >= 11 is 0. The zero-order chi connectivity index (χ0) is 32.8. The number of hydrogen-bond donors (Lipinski definition) is 3. The number of carbonyl (C=O) groups excluding carboxylic acids is 2. The molecule has 2 aliphatic rings. The molecule has 9 nitrogen and oxygen atoms in total. The van der Waals surface area contributed by atoms with Crippen molar-refractivity contribution in [2.75, 3.05) is 32.8 Å². The van der Waals surface area contributed by atoms with Crippen molar-refractivity contribution in [2.24, 2.45) is 0 Å². The lowest BCUT2D eigenvalue weighted by molar-refractivity contribution is -0.148. The molecule has 0 radical (unpaired) electrons. The second-order valence-corrected chi connectivity index (χ2v) is 12.1. The molecule has 1 aliphatic heterocycles. The van der Waals surface area contributed by atoms with Gasteiger partial charge in [-0.1, -0.05) is 84.9 Å². The quantitative estimate of drug-likeness (QED) is 0.243. The molecule has 4 aromatic rings. The highest BCUT2D eigenvalue weighted by Gasteiger charge is 2.32.